The Labute approximate surface area is 193 Å². The zero-order valence-electron chi connectivity index (χ0n) is 17.9. The molecule has 0 aliphatic rings. The first-order valence-corrected chi connectivity index (χ1v) is 12.0. The second-order valence-electron chi connectivity index (χ2n) is 7.59. The van der Waals surface area contributed by atoms with Crippen LogP contribution in [-0.4, -0.2) is 24.7 Å². The highest BCUT2D eigenvalue weighted by molar-refractivity contribution is 7.99. The summed E-state index contributed by atoms with van der Waals surface area (Å²) in [6.45, 7) is 4.08. The minimum atomic E-state index is -0.115. The molecule has 0 aliphatic heterocycles. The first-order valence-electron chi connectivity index (χ1n) is 10.2. The van der Waals surface area contributed by atoms with E-state index in [0.717, 1.165) is 38.1 Å². The SMILES string of the molecule is Cc1ccccc1-c1nnc(SC(C)c2nc3scc(-c4ccccc4)c3c(=O)[nH]2)n1C. The van der Waals surface area contributed by atoms with Crippen molar-refractivity contribution in [1.82, 2.24) is 24.7 Å². The van der Waals surface area contributed by atoms with Gasteiger partial charge in [0.2, 0.25) is 0 Å². The van der Waals surface area contributed by atoms with Gasteiger partial charge >= 0.3 is 0 Å². The summed E-state index contributed by atoms with van der Waals surface area (Å²) in [5, 5.41) is 12.1. The zero-order valence-corrected chi connectivity index (χ0v) is 19.5. The lowest BCUT2D eigenvalue weighted by Gasteiger charge is -2.11. The number of aromatic amines is 1. The second kappa shape index (κ2) is 8.37. The third kappa shape index (κ3) is 3.65. The maximum Gasteiger partial charge on any atom is 0.260 e. The van der Waals surface area contributed by atoms with Crippen LogP contribution in [0.25, 0.3) is 32.7 Å². The number of hydrogen-bond donors (Lipinski definition) is 1. The number of H-pyrrole nitrogens is 1. The first-order chi connectivity index (χ1) is 15.5. The number of rotatable bonds is 5. The van der Waals surface area contributed by atoms with Crippen LogP contribution >= 0.6 is 23.1 Å². The van der Waals surface area contributed by atoms with E-state index in [1.54, 1.807) is 0 Å². The average molecular weight is 460 g/mol. The van der Waals surface area contributed by atoms with Gasteiger partial charge in [0.15, 0.2) is 11.0 Å². The highest BCUT2D eigenvalue weighted by atomic mass is 32.2. The summed E-state index contributed by atoms with van der Waals surface area (Å²) < 4.78 is 1.98. The fraction of sp³-hybridized carbons (Fsp3) is 0.167. The van der Waals surface area contributed by atoms with Gasteiger partial charge in [-0.25, -0.2) is 4.98 Å². The van der Waals surface area contributed by atoms with Gasteiger partial charge in [0.05, 0.1) is 10.6 Å². The van der Waals surface area contributed by atoms with Crippen molar-refractivity contribution in [3.8, 4) is 22.5 Å². The van der Waals surface area contributed by atoms with Crippen LogP contribution in [0.3, 0.4) is 0 Å². The Kier molecular flexibility index (Phi) is 5.40. The summed E-state index contributed by atoms with van der Waals surface area (Å²) in [6.07, 6.45) is 0. The van der Waals surface area contributed by atoms with Crippen molar-refractivity contribution in [2.75, 3.05) is 0 Å². The van der Waals surface area contributed by atoms with Gasteiger partial charge in [-0.3, -0.25) is 4.79 Å². The van der Waals surface area contributed by atoms with Crippen LogP contribution in [-0.2, 0) is 7.05 Å². The van der Waals surface area contributed by atoms with Gasteiger partial charge in [0.1, 0.15) is 10.7 Å². The third-order valence-corrected chi connectivity index (χ3v) is 7.45. The molecule has 3 aromatic heterocycles. The van der Waals surface area contributed by atoms with Crippen LogP contribution in [0.15, 0.2) is 69.9 Å². The molecule has 0 aliphatic carbocycles. The minimum Gasteiger partial charge on any atom is -0.309 e. The second-order valence-corrected chi connectivity index (χ2v) is 9.75. The summed E-state index contributed by atoms with van der Waals surface area (Å²) in [7, 11) is 1.96. The predicted molar refractivity (Wildman–Crippen MR) is 131 cm³/mol. The predicted octanol–water partition coefficient (Wildman–Crippen LogP) is 5.61. The van der Waals surface area contributed by atoms with Crippen LogP contribution in [0.5, 0.6) is 0 Å². The number of aryl methyl sites for hydroxylation is 1. The Morgan fingerprint density at radius 1 is 1.03 bits per heavy atom. The Morgan fingerprint density at radius 2 is 1.78 bits per heavy atom. The van der Waals surface area contributed by atoms with Crippen LogP contribution < -0.4 is 5.56 Å². The number of fused-ring (bicyclic) bond motifs is 1. The molecule has 0 fully saturated rings. The van der Waals surface area contributed by atoms with E-state index >= 15 is 0 Å². The molecule has 3 heterocycles. The molecule has 1 N–H and O–H groups in total. The number of thioether (sulfide) groups is 1. The van der Waals surface area contributed by atoms with Crippen LogP contribution in [0.4, 0.5) is 0 Å². The number of nitrogens with zero attached hydrogens (tertiary/aromatic N) is 4. The molecule has 0 radical (unpaired) electrons. The van der Waals surface area contributed by atoms with Crippen LogP contribution in [0.2, 0.25) is 0 Å². The lowest BCUT2D eigenvalue weighted by Crippen LogP contribution is -2.12. The molecule has 0 saturated carbocycles. The molecular weight excluding hydrogens is 438 g/mol. The van der Waals surface area contributed by atoms with Gasteiger partial charge in [0, 0.05) is 23.6 Å². The Bertz CT molecular complexity index is 1470. The molecule has 5 aromatic rings. The number of thiophene rings is 1. The molecule has 5 rings (SSSR count). The lowest BCUT2D eigenvalue weighted by atomic mass is 10.1. The fourth-order valence-electron chi connectivity index (χ4n) is 3.68. The summed E-state index contributed by atoms with van der Waals surface area (Å²) in [5.74, 6) is 1.45. The molecule has 0 saturated heterocycles. The first kappa shape index (κ1) is 20.7. The quantitative estimate of drug-likeness (QED) is 0.346. The van der Waals surface area contributed by atoms with Gasteiger partial charge in [-0.1, -0.05) is 66.4 Å². The van der Waals surface area contributed by atoms with E-state index in [1.165, 1.54) is 23.1 Å². The Balaban J connectivity index is 1.46. The van der Waals surface area contributed by atoms with Crippen molar-refractivity contribution < 1.29 is 0 Å². The molecule has 1 atom stereocenters. The molecule has 1 unspecified atom stereocenters. The maximum atomic E-state index is 13.0. The van der Waals surface area contributed by atoms with Crippen molar-refractivity contribution in [2.45, 2.75) is 24.3 Å². The highest BCUT2D eigenvalue weighted by Gasteiger charge is 2.20. The molecule has 2 aromatic carbocycles. The molecule has 160 valence electrons. The van der Waals surface area contributed by atoms with Crippen LogP contribution in [0, 0.1) is 6.92 Å². The van der Waals surface area contributed by atoms with E-state index in [1.807, 2.05) is 72.4 Å². The van der Waals surface area contributed by atoms with Crippen LogP contribution in [0.1, 0.15) is 23.6 Å². The molecule has 0 bridgehead atoms. The highest BCUT2D eigenvalue weighted by Crippen LogP contribution is 2.36. The molecule has 0 amide bonds. The smallest absolute Gasteiger partial charge is 0.260 e. The zero-order chi connectivity index (χ0) is 22.2. The van der Waals surface area contributed by atoms with E-state index in [4.69, 9.17) is 4.98 Å². The van der Waals surface area contributed by atoms with Crippen molar-refractivity contribution in [1.29, 1.82) is 0 Å². The van der Waals surface area contributed by atoms with Gasteiger partial charge in [0.25, 0.3) is 5.56 Å². The van der Waals surface area contributed by atoms with Gasteiger partial charge < -0.3 is 9.55 Å². The largest absolute Gasteiger partial charge is 0.309 e. The molecule has 32 heavy (non-hydrogen) atoms. The lowest BCUT2D eigenvalue weighted by molar-refractivity contribution is 0.786. The van der Waals surface area contributed by atoms with Crippen molar-refractivity contribution in [3.05, 3.63) is 81.7 Å². The molecular formula is C24H21N5OS2. The maximum absolute atomic E-state index is 13.0. The molecule has 8 heteroatoms. The summed E-state index contributed by atoms with van der Waals surface area (Å²) in [5.41, 5.74) is 4.03. The van der Waals surface area contributed by atoms with Crippen molar-refractivity contribution >= 4 is 33.3 Å². The normalized spacial score (nSPS) is 12.3. The molecule has 0 spiro atoms. The molecule has 6 nitrogen and oxygen atoms in total. The Morgan fingerprint density at radius 3 is 2.56 bits per heavy atom. The van der Waals surface area contributed by atoms with Gasteiger partial charge in [-0.05, 0) is 25.0 Å². The fourth-order valence-corrected chi connectivity index (χ4v) is 5.51. The van der Waals surface area contributed by atoms with Crippen molar-refractivity contribution in [3.63, 3.8) is 0 Å². The number of hydrogen-bond acceptors (Lipinski definition) is 6. The van der Waals surface area contributed by atoms with E-state index in [-0.39, 0.29) is 10.8 Å². The van der Waals surface area contributed by atoms with E-state index in [2.05, 4.69) is 28.2 Å². The van der Waals surface area contributed by atoms with E-state index in [0.29, 0.717) is 11.2 Å². The number of aromatic nitrogens is 5. The van der Waals surface area contributed by atoms with E-state index < -0.39 is 0 Å². The minimum absolute atomic E-state index is 0.0954. The topological polar surface area (TPSA) is 76.5 Å². The number of nitrogens with one attached hydrogen (secondary N) is 1. The third-order valence-electron chi connectivity index (χ3n) is 5.44. The number of benzene rings is 2. The van der Waals surface area contributed by atoms with Gasteiger partial charge in [-0.2, -0.15) is 0 Å². The van der Waals surface area contributed by atoms with E-state index in [9.17, 15) is 4.79 Å². The monoisotopic (exact) mass is 459 g/mol. The average Bonchev–Trinajstić information content (AvgIpc) is 3.39. The Hall–Kier alpha value is -3.23. The van der Waals surface area contributed by atoms with Crippen molar-refractivity contribution in [2.24, 2.45) is 7.05 Å². The summed E-state index contributed by atoms with van der Waals surface area (Å²) in [6, 6.07) is 18.0. The standard InChI is InChI=1S/C24H21N5OS2/c1-14-9-7-8-12-17(14)21-27-28-24(29(21)3)32-15(2)20-25-22(30)19-18(13-31-23(19)26-20)16-10-5-4-6-11-16/h4-13,15H,1-3H3,(H,25,26,30). The summed E-state index contributed by atoms with van der Waals surface area (Å²) >= 11 is 3.02. The summed E-state index contributed by atoms with van der Waals surface area (Å²) in [4.78, 5) is 21.5. The van der Waals surface area contributed by atoms with Gasteiger partial charge in [-0.15, -0.1) is 21.5 Å².